The predicted molar refractivity (Wildman–Crippen MR) is 98.0 cm³/mol. The summed E-state index contributed by atoms with van der Waals surface area (Å²) < 4.78 is 0. The van der Waals surface area contributed by atoms with Crippen molar-refractivity contribution in [3.8, 4) is 11.4 Å². The summed E-state index contributed by atoms with van der Waals surface area (Å²) in [5.74, 6) is 1.00. The number of benzene rings is 1. The highest BCUT2D eigenvalue weighted by atomic mass is 32.2. The van der Waals surface area contributed by atoms with E-state index in [0.717, 1.165) is 11.1 Å². The highest BCUT2D eigenvalue weighted by Gasteiger charge is 2.18. The first-order chi connectivity index (χ1) is 12.1. The fourth-order valence-corrected chi connectivity index (χ4v) is 3.07. The van der Waals surface area contributed by atoms with Gasteiger partial charge in [0.15, 0.2) is 5.82 Å². The van der Waals surface area contributed by atoms with Gasteiger partial charge < -0.3 is 4.90 Å². The third-order valence-corrected chi connectivity index (χ3v) is 4.83. The van der Waals surface area contributed by atoms with E-state index >= 15 is 0 Å². The van der Waals surface area contributed by atoms with Crippen LogP contribution in [0.25, 0.3) is 11.4 Å². The Labute approximate surface area is 150 Å². The smallest absolute Gasteiger partial charge is 0.233 e. The predicted octanol–water partition coefficient (Wildman–Crippen LogP) is 3.18. The average Bonchev–Trinajstić information content (AvgIpc) is 3.15. The van der Waals surface area contributed by atoms with E-state index in [2.05, 4.69) is 20.2 Å². The van der Waals surface area contributed by atoms with E-state index < -0.39 is 0 Å². The van der Waals surface area contributed by atoms with E-state index in [-0.39, 0.29) is 11.9 Å². The third-order valence-electron chi connectivity index (χ3n) is 4.00. The second kappa shape index (κ2) is 7.94. The molecule has 3 rings (SSSR count). The van der Waals surface area contributed by atoms with Gasteiger partial charge in [0.1, 0.15) is 0 Å². The quantitative estimate of drug-likeness (QED) is 0.689. The largest absolute Gasteiger partial charge is 0.338 e. The fraction of sp³-hybridized carbons (Fsp3) is 0.222. The van der Waals surface area contributed by atoms with Gasteiger partial charge in [0.05, 0.1) is 11.8 Å². The monoisotopic (exact) mass is 353 g/mol. The van der Waals surface area contributed by atoms with Crippen molar-refractivity contribution in [2.24, 2.45) is 0 Å². The molecule has 7 heteroatoms. The van der Waals surface area contributed by atoms with Gasteiger partial charge in [0.25, 0.3) is 0 Å². The maximum Gasteiger partial charge on any atom is 0.233 e. The van der Waals surface area contributed by atoms with Crippen molar-refractivity contribution < 1.29 is 4.79 Å². The van der Waals surface area contributed by atoms with Crippen LogP contribution in [-0.4, -0.2) is 43.8 Å². The first kappa shape index (κ1) is 17.2. The second-order valence-electron chi connectivity index (χ2n) is 5.58. The van der Waals surface area contributed by atoms with Gasteiger partial charge in [-0.05, 0) is 24.6 Å². The highest BCUT2D eigenvalue weighted by molar-refractivity contribution is 7.99. The van der Waals surface area contributed by atoms with Crippen LogP contribution >= 0.6 is 11.8 Å². The van der Waals surface area contributed by atoms with E-state index in [4.69, 9.17) is 0 Å². The molecule has 1 N–H and O–H groups in total. The van der Waals surface area contributed by atoms with E-state index in [0.29, 0.717) is 16.7 Å². The van der Waals surface area contributed by atoms with Gasteiger partial charge >= 0.3 is 0 Å². The van der Waals surface area contributed by atoms with Gasteiger partial charge in [0, 0.05) is 25.0 Å². The van der Waals surface area contributed by atoms with Crippen LogP contribution in [0.15, 0.2) is 60.0 Å². The number of rotatable bonds is 6. The molecule has 0 unspecified atom stereocenters. The number of aromatic amines is 1. The van der Waals surface area contributed by atoms with E-state index in [9.17, 15) is 4.79 Å². The molecule has 128 valence electrons. The van der Waals surface area contributed by atoms with Crippen LogP contribution < -0.4 is 0 Å². The standard InChI is InChI=1S/C18H19N5OS/c1-13(14-6-4-3-5-7-14)23(2)16(24)12-25-18-20-17(21-22-18)15-8-10-19-11-9-15/h3-11,13H,12H2,1-2H3,(H,20,21,22)/t13-/m0/s1. The van der Waals surface area contributed by atoms with E-state index in [1.807, 2.05) is 56.4 Å². The lowest BCUT2D eigenvalue weighted by Crippen LogP contribution is -2.31. The van der Waals surface area contributed by atoms with E-state index in [1.165, 1.54) is 11.8 Å². The number of hydrogen-bond acceptors (Lipinski definition) is 5. The molecule has 0 spiro atoms. The number of amides is 1. The van der Waals surface area contributed by atoms with Crippen LogP contribution in [-0.2, 0) is 4.79 Å². The van der Waals surface area contributed by atoms with Gasteiger partial charge in [-0.3, -0.25) is 14.9 Å². The summed E-state index contributed by atoms with van der Waals surface area (Å²) >= 11 is 1.32. The second-order valence-corrected chi connectivity index (χ2v) is 6.52. The summed E-state index contributed by atoms with van der Waals surface area (Å²) in [6.07, 6.45) is 3.41. The Balaban J connectivity index is 1.58. The Hall–Kier alpha value is -2.67. The Morgan fingerprint density at radius 1 is 1.20 bits per heavy atom. The SMILES string of the molecule is C[C@@H](c1ccccc1)N(C)C(=O)CSc1n[nH]c(-c2ccncc2)n1. The Bertz CT molecular complexity index is 822. The average molecular weight is 353 g/mol. The minimum absolute atomic E-state index is 0.0221. The molecule has 2 heterocycles. The minimum Gasteiger partial charge on any atom is -0.338 e. The Morgan fingerprint density at radius 2 is 1.92 bits per heavy atom. The lowest BCUT2D eigenvalue weighted by Gasteiger charge is -2.25. The maximum absolute atomic E-state index is 12.4. The number of nitrogens with one attached hydrogen (secondary N) is 1. The molecule has 0 bridgehead atoms. The molecule has 0 fully saturated rings. The normalized spacial score (nSPS) is 11.9. The van der Waals surface area contributed by atoms with Crippen LogP contribution in [0.4, 0.5) is 0 Å². The van der Waals surface area contributed by atoms with Gasteiger partial charge in [0.2, 0.25) is 11.1 Å². The molecular formula is C18H19N5OS. The van der Waals surface area contributed by atoms with Crippen molar-refractivity contribution >= 4 is 17.7 Å². The minimum atomic E-state index is 0.0221. The third kappa shape index (κ3) is 4.24. The summed E-state index contributed by atoms with van der Waals surface area (Å²) in [5.41, 5.74) is 2.02. The summed E-state index contributed by atoms with van der Waals surface area (Å²) in [6, 6.07) is 13.7. The van der Waals surface area contributed by atoms with Crippen LogP contribution in [0.3, 0.4) is 0 Å². The number of hydrogen-bond donors (Lipinski definition) is 1. The van der Waals surface area contributed by atoms with Gasteiger partial charge in [-0.2, -0.15) is 0 Å². The first-order valence-electron chi connectivity index (χ1n) is 7.91. The molecular weight excluding hydrogens is 334 g/mol. The molecule has 1 aromatic carbocycles. The van der Waals surface area contributed by atoms with Crippen molar-refractivity contribution in [3.05, 3.63) is 60.4 Å². The lowest BCUT2D eigenvalue weighted by atomic mass is 10.1. The Morgan fingerprint density at radius 3 is 2.64 bits per heavy atom. The van der Waals surface area contributed by atoms with Crippen molar-refractivity contribution in [3.63, 3.8) is 0 Å². The molecule has 0 saturated heterocycles. The molecule has 1 amide bonds. The molecule has 0 aliphatic carbocycles. The number of nitrogens with zero attached hydrogens (tertiary/aromatic N) is 4. The van der Waals surface area contributed by atoms with Crippen LogP contribution in [0.2, 0.25) is 0 Å². The lowest BCUT2D eigenvalue weighted by molar-refractivity contribution is -0.128. The van der Waals surface area contributed by atoms with Crippen molar-refractivity contribution in [1.82, 2.24) is 25.1 Å². The molecule has 0 saturated carbocycles. The Kier molecular flexibility index (Phi) is 5.45. The van der Waals surface area contributed by atoms with Crippen LogP contribution in [0, 0.1) is 0 Å². The van der Waals surface area contributed by atoms with E-state index in [1.54, 1.807) is 17.3 Å². The number of pyridine rings is 1. The van der Waals surface area contributed by atoms with Crippen molar-refractivity contribution in [2.75, 3.05) is 12.8 Å². The zero-order valence-corrected chi connectivity index (χ0v) is 14.9. The molecule has 1 atom stereocenters. The summed E-state index contributed by atoms with van der Waals surface area (Å²) in [6.45, 7) is 2.02. The van der Waals surface area contributed by atoms with Gasteiger partial charge in [-0.15, -0.1) is 5.10 Å². The number of carbonyl (C=O) groups excluding carboxylic acids is 1. The number of H-pyrrole nitrogens is 1. The van der Waals surface area contributed by atoms with Crippen LogP contribution in [0.5, 0.6) is 0 Å². The van der Waals surface area contributed by atoms with Crippen molar-refractivity contribution in [2.45, 2.75) is 18.1 Å². The maximum atomic E-state index is 12.4. The molecule has 2 aromatic heterocycles. The number of thioether (sulfide) groups is 1. The zero-order chi connectivity index (χ0) is 17.6. The molecule has 0 aliphatic rings. The molecule has 3 aromatic rings. The van der Waals surface area contributed by atoms with Crippen LogP contribution in [0.1, 0.15) is 18.5 Å². The summed E-state index contributed by atoms with van der Waals surface area (Å²) in [4.78, 5) is 22.6. The fourth-order valence-electron chi connectivity index (χ4n) is 2.35. The molecule has 0 radical (unpaired) electrons. The molecule has 0 aliphatic heterocycles. The first-order valence-corrected chi connectivity index (χ1v) is 8.90. The number of carbonyl (C=O) groups is 1. The van der Waals surface area contributed by atoms with Gasteiger partial charge in [-0.1, -0.05) is 42.1 Å². The van der Waals surface area contributed by atoms with Crippen molar-refractivity contribution in [1.29, 1.82) is 0 Å². The van der Waals surface area contributed by atoms with Gasteiger partial charge in [-0.25, -0.2) is 4.98 Å². The molecule has 25 heavy (non-hydrogen) atoms. The topological polar surface area (TPSA) is 74.8 Å². The zero-order valence-electron chi connectivity index (χ0n) is 14.1. The summed E-state index contributed by atoms with van der Waals surface area (Å²) in [5, 5.41) is 7.61. The highest BCUT2D eigenvalue weighted by Crippen LogP contribution is 2.22. The molecule has 6 nitrogen and oxygen atoms in total. The summed E-state index contributed by atoms with van der Waals surface area (Å²) in [7, 11) is 1.82. The number of aromatic nitrogens is 4.